The Morgan fingerprint density at radius 3 is 2.69 bits per heavy atom. The van der Waals surface area contributed by atoms with Crippen molar-refractivity contribution in [2.75, 3.05) is 0 Å². The van der Waals surface area contributed by atoms with E-state index in [1.807, 2.05) is 19.1 Å². The van der Waals surface area contributed by atoms with E-state index < -0.39 is 12.0 Å². The van der Waals surface area contributed by atoms with E-state index in [9.17, 15) is 4.79 Å². The molecule has 74 valence electrons. The zero-order valence-electron chi connectivity index (χ0n) is 8.03. The highest BCUT2D eigenvalue weighted by molar-refractivity contribution is 5.82. The number of allylic oxidation sites excluding steroid dienone is 2. The van der Waals surface area contributed by atoms with Gasteiger partial charge >= 0.3 is 5.97 Å². The Morgan fingerprint density at radius 1 is 1.69 bits per heavy atom. The Hall–Kier alpha value is -1.32. The molecular formula is C9H16N2O2. The van der Waals surface area contributed by atoms with Crippen LogP contribution in [0.15, 0.2) is 17.1 Å². The van der Waals surface area contributed by atoms with Crippen LogP contribution in [0.5, 0.6) is 0 Å². The number of aliphatic imine (C=N–C) groups is 1. The van der Waals surface area contributed by atoms with Crippen LogP contribution in [0.2, 0.25) is 0 Å². The SMILES string of the molecule is CC=CCCC(N=C(C)N)C(=O)O. The zero-order chi connectivity index (χ0) is 10.3. The summed E-state index contributed by atoms with van der Waals surface area (Å²) in [5, 5.41) is 8.73. The number of aliphatic carboxylic acids is 1. The molecule has 0 rings (SSSR count). The highest BCUT2D eigenvalue weighted by Gasteiger charge is 2.14. The minimum atomic E-state index is -0.922. The van der Waals surface area contributed by atoms with Gasteiger partial charge in [0.1, 0.15) is 6.04 Å². The van der Waals surface area contributed by atoms with Crippen molar-refractivity contribution in [2.24, 2.45) is 10.7 Å². The van der Waals surface area contributed by atoms with Gasteiger partial charge in [-0.05, 0) is 26.7 Å². The Balaban J connectivity index is 4.11. The van der Waals surface area contributed by atoms with Gasteiger partial charge in [0.2, 0.25) is 0 Å². The van der Waals surface area contributed by atoms with Crippen molar-refractivity contribution in [3.8, 4) is 0 Å². The Kier molecular flexibility index (Phi) is 5.59. The fourth-order valence-electron chi connectivity index (χ4n) is 0.910. The molecule has 0 bridgehead atoms. The molecule has 0 heterocycles. The summed E-state index contributed by atoms with van der Waals surface area (Å²) in [5.41, 5.74) is 5.30. The lowest BCUT2D eigenvalue weighted by Gasteiger charge is -2.05. The van der Waals surface area contributed by atoms with Gasteiger partial charge in [0, 0.05) is 0 Å². The predicted molar refractivity (Wildman–Crippen MR) is 52.8 cm³/mol. The number of rotatable bonds is 5. The van der Waals surface area contributed by atoms with E-state index in [-0.39, 0.29) is 0 Å². The summed E-state index contributed by atoms with van der Waals surface area (Å²) in [7, 11) is 0. The lowest BCUT2D eigenvalue weighted by molar-refractivity contribution is -0.138. The first kappa shape index (κ1) is 11.7. The third kappa shape index (κ3) is 5.90. The topological polar surface area (TPSA) is 75.7 Å². The van der Waals surface area contributed by atoms with Crippen LogP contribution in [0.3, 0.4) is 0 Å². The minimum Gasteiger partial charge on any atom is -0.480 e. The van der Waals surface area contributed by atoms with E-state index in [2.05, 4.69) is 4.99 Å². The maximum atomic E-state index is 10.6. The van der Waals surface area contributed by atoms with Crippen molar-refractivity contribution >= 4 is 11.8 Å². The maximum absolute atomic E-state index is 10.6. The Morgan fingerprint density at radius 2 is 2.31 bits per heavy atom. The Bertz CT molecular complexity index is 218. The molecular weight excluding hydrogens is 168 g/mol. The van der Waals surface area contributed by atoms with Crippen molar-refractivity contribution in [2.45, 2.75) is 32.7 Å². The monoisotopic (exact) mass is 184 g/mol. The van der Waals surface area contributed by atoms with Crippen LogP contribution in [0.4, 0.5) is 0 Å². The van der Waals surface area contributed by atoms with Gasteiger partial charge < -0.3 is 10.8 Å². The van der Waals surface area contributed by atoms with Gasteiger partial charge in [-0.25, -0.2) is 4.79 Å². The maximum Gasteiger partial charge on any atom is 0.328 e. The molecule has 0 fully saturated rings. The average molecular weight is 184 g/mol. The van der Waals surface area contributed by atoms with Gasteiger partial charge in [-0.15, -0.1) is 0 Å². The van der Waals surface area contributed by atoms with Gasteiger partial charge in [0.25, 0.3) is 0 Å². The first-order valence-corrected chi connectivity index (χ1v) is 4.21. The highest BCUT2D eigenvalue weighted by atomic mass is 16.4. The van der Waals surface area contributed by atoms with Gasteiger partial charge in [-0.2, -0.15) is 0 Å². The lowest BCUT2D eigenvalue weighted by Crippen LogP contribution is -2.21. The van der Waals surface area contributed by atoms with Crippen LogP contribution in [-0.2, 0) is 4.79 Å². The third-order valence-corrected chi connectivity index (χ3v) is 1.49. The summed E-state index contributed by atoms with van der Waals surface area (Å²) in [4.78, 5) is 14.5. The quantitative estimate of drug-likeness (QED) is 0.382. The second-order valence-corrected chi connectivity index (χ2v) is 2.77. The normalized spacial score (nSPS) is 14.8. The van der Waals surface area contributed by atoms with Crippen LogP contribution in [0.1, 0.15) is 26.7 Å². The zero-order valence-corrected chi connectivity index (χ0v) is 8.03. The number of hydrogen-bond donors (Lipinski definition) is 2. The lowest BCUT2D eigenvalue weighted by atomic mass is 10.1. The number of carboxylic acid groups (broad SMARTS) is 1. The van der Waals surface area contributed by atoms with E-state index in [1.54, 1.807) is 6.92 Å². The highest BCUT2D eigenvalue weighted by Crippen LogP contribution is 2.03. The van der Waals surface area contributed by atoms with Crippen molar-refractivity contribution in [3.05, 3.63) is 12.2 Å². The Labute approximate surface area is 78.2 Å². The third-order valence-electron chi connectivity index (χ3n) is 1.49. The van der Waals surface area contributed by atoms with Crippen LogP contribution in [-0.4, -0.2) is 23.0 Å². The van der Waals surface area contributed by atoms with Crippen molar-refractivity contribution in [3.63, 3.8) is 0 Å². The minimum absolute atomic E-state index is 0.313. The van der Waals surface area contributed by atoms with Crippen LogP contribution >= 0.6 is 0 Å². The molecule has 4 heteroatoms. The molecule has 4 nitrogen and oxygen atoms in total. The second kappa shape index (κ2) is 6.22. The van der Waals surface area contributed by atoms with E-state index >= 15 is 0 Å². The molecule has 0 aliphatic carbocycles. The standard InChI is InChI=1S/C9H16N2O2/c1-3-4-5-6-8(9(12)13)11-7(2)10/h3-4,8H,5-6H2,1-2H3,(H2,10,11)(H,12,13). The van der Waals surface area contributed by atoms with Crippen molar-refractivity contribution in [1.82, 2.24) is 0 Å². The number of carbonyl (C=O) groups is 1. The molecule has 3 N–H and O–H groups in total. The molecule has 0 aliphatic rings. The molecule has 0 aromatic rings. The van der Waals surface area contributed by atoms with Crippen LogP contribution in [0, 0.1) is 0 Å². The summed E-state index contributed by atoms with van der Waals surface area (Å²) >= 11 is 0. The van der Waals surface area contributed by atoms with Gasteiger partial charge in [0.15, 0.2) is 0 Å². The van der Waals surface area contributed by atoms with E-state index in [0.29, 0.717) is 18.7 Å². The molecule has 1 atom stereocenters. The molecule has 0 aromatic heterocycles. The molecule has 0 radical (unpaired) electrons. The predicted octanol–water partition coefficient (Wildman–Crippen LogP) is 1.17. The first-order valence-electron chi connectivity index (χ1n) is 4.21. The van der Waals surface area contributed by atoms with E-state index in [0.717, 1.165) is 0 Å². The number of nitrogens with zero attached hydrogens (tertiary/aromatic N) is 1. The van der Waals surface area contributed by atoms with E-state index in [4.69, 9.17) is 10.8 Å². The van der Waals surface area contributed by atoms with Gasteiger partial charge in [-0.1, -0.05) is 12.2 Å². The smallest absolute Gasteiger partial charge is 0.328 e. The number of amidine groups is 1. The molecule has 0 spiro atoms. The van der Waals surface area contributed by atoms with Crippen LogP contribution < -0.4 is 5.73 Å². The van der Waals surface area contributed by atoms with E-state index in [1.165, 1.54) is 0 Å². The molecule has 0 amide bonds. The fraction of sp³-hybridized carbons (Fsp3) is 0.556. The number of nitrogens with two attached hydrogens (primary N) is 1. The average Bonchev–Trinajstić information content (AvgIpc) is 2.02. The molecule has 0 aliphatic heterocycles. The van der Waals surface area contributed by atoms with Crippen molar-refractivity contribution < 1.29 is 9.90 Å². The fourth-order valence-corrected chi connectivity index (χ4v) is 0.910. The summed E-state index contributed by atoms with van der Waals surface area (Å²) < 4.78 is 0. The molecule has 0 saturated carbocycles. The molecule has 1 unspecified atom stereocenters. The number of carboxylic acids is 1. The van der Waals surface area contributed by atoms with Crippen LogP contribution in [0.25, 0.3) is 0 Å². The van der Waals surface area contributed by atoms with Gasteiger partial charge in [0.05, 0.1) is 5.84 Å². The molecule has 0 saturated heterocycles. The summed E-state index contributed by atoms with van der Waals surface area (Å²) in [5.74, 6) is -0.609. The summed E-state index contributed by atoms with van der Waals surface area (Å²) in [6.45, 7) is 3.48. The molecule has 13 heavy (non-hydrogen) atoms. The van der Waals surface area contributed by atoms with Gasteiger partial charge in [-0.3, -0.25) is 4.99 Å². The number of hydrogen-bond acceptors (Lipinski definition) is 2. The largest absolute Gasteiger partial charge is 0.480 e. The first-order chi connectivity index (χ1) is 6.07. The summed E-state index contributed by atoms with van der Waals surface area (Å²) in [6.07, 6.45) is 5.01. The molecule has 0 aromatic carbocycles. The summed E-state index contributed by atoms with van der Waals surface area (Å²) in [6, 6.07) is -0.707. The van der Waals surface area contributed by atoms with Crippen molar-refractivity contribution in [1.29, 1.82) is 0 Å². The second-order valence-electron chi connectivity index (χ2n) is 2.77.